The fourth-order valence-electron chi connectivity index (χ4n) is 1.68. The minimum atomic E-state index is -0.919. The number of nitrogens with zero attached hydrogens (tertiary/aromatic N) is 1. The van der Waals surface area contributed by atoms with Gasteiger partial charge in [0.1, 0.15) is 6.04 Å². The van der Waals surface area contributed by atoms with E-state index in [0.29, 0.717) is 25.1 Å². The van der Waals surface area contributed by atoms with Gasteiger partial charge in [0, 0.05) is 30.0 Å². The van der Waals surface area contributed by atoms with Gasteiger partial charge in [0.25, 0.3) is 0 Å². The summed E-state index contributed by atoms with van der Waals surface area (Å²) in [7, 11) is 0. The van der Waals surface area contributed by atoms with Crippen molar-refractivity contribution in [3.8, 4) is 0 Å². The largest absolute Gasteiger partial charge is 0.480 e. The summed E-state index contributed by atoms with van der Waals surface area (Å²) in [6.07, 6.45) is 0.889. The number of carboxylic acid groups (broad SMARTS) is 1. The Balaban J connectivity index is 2.56. The Bertz CT molecular complexity index is 302. The molecule has 3 N–H and O–H groups in total. The van der Waals surface area contributed by atoms with Crippen LogP contribution in [0.25, 0.3) is 0 Å². The van der Waals surface area contributed by atoms with E-state index in [0.717, 1.165) is 5.75 Å². The Morgan fingerprint density at radius 1 is 1.53 bits per heavy atom. The van der Waals surface area contributed by atoms with Crippen molar-refractivity contribution < 1.29 is 14.7 Å². The molecular formula is C11H20N2O3S. The first-order valence-corrected chi connectivity index (χ1v) is 6.85. The molecule has 1 amide bonds. The highest BCUT2D eigenvalue weighted by Crippen LogP contribution is 2.19. The van der Waals surface area contributed by atoms with Crippen molar-refractivity contribution in [3.63, 3.8) is 0 Å². The topological polar surface area (TPSA) is 83.6 Å². The van der Waals surface area contributed by atoms with Crippen molar-refractivity contribution in [1.29, 1.82) is 0 Å². The quantitative estimate of drug-likeness (QED) is 0.770. The van der Waals surface area contributed by atoms with E-state index in [-0.39, 0.29) is 11.4 Å². The number of nitrogens with two attached hydrogens (primary N) is 1. The second-order valence-corrected chi connectivity index (χ2v) is 6.15. The van der Waals surface area contributed by atoms with E-state index in [4.69, 9.17) is 10.8 Å². The third-order valence-corrected chi connectivity index (χ3v) is 3.74. The summed E-state index contributed by atoms with van der Waals surface area (Å²) in [5.74, 6) is 0.267. The molecule has 17 heavy (non-hydrogen) atoms. The maximum atomic E-state index is 12.0. The molecule has 0 spiro atoms. The molecule has 98 valence electrons. The van der Waals surface area contributed by atoms with Crippen LogP contribution in [0.5, 0.6) is 0 Å². The molecular weight excluding hydrogens is 240 g/mol. The van der Waals surface area contributed by atoms with Gasteiger partial charge in [-0.15, -0.1) is 0 Å². The van der Waals surface area contributed by atoms with Crippen molar-refractivity contribution in [2.45, 2.75) is 38.3 Å². The van der Waals surface area contributed by atoms with Gasteiger partial charge in [0.15, 0.2) is 0 Å². The molecule has 1 rings (SSSR count). The molecule has 0 radical (unpaired) electrons. The molecule has 0 aromatic heterocycles. The molecule has 1 heterocycles. The molecule has 0 bridgehead atoms. The molecule has 1 unspecified atom stereocenters. The molecule has 1 saturated heterocycles. The maximum absolute atomic E-state index is 12.0. The number of carboxylic acids is 1. The average Bonchev–Trinajstić information content (AvgIpc) is 2.25. The lowest BCUT2D eigenvalue weighted by atomic mass is 9.99. The summed E-state index contributed by atoms with van der Waals surface area (Å²) < 4.78 is 0. The maximum Gasteiger partial charge on any atom is 0.327 e. The predicted octanol–water partition coefficient (Wildman–Crippen LogP) is 0.532. The van der Waals surface area contributed by atoms with Crippen molar-refractivity contribution in [2.24, 2.45) is 5.73 Å². The van der Waals surface area contributed by atoms with Crippen molar-refractivity contribution >= 4 is 23.6 Å². The van der Waals surface area contributed by atoms with Crippen LogP contribution < -0.4 is 5.73 Å². The second-order valence-electron chi connectivity index (χ2n) is 5.00. The van der Waals surface area contributed by atoms with Crippen LogP contribution in [0.15, 0.2) is 0 Å². The Hall–Kier alpha value is -0.750. The second kappa shape index (κ2) is 5.73. The van der Waals surface area contributed by atoms with Crippen LogP contribution in [0.4, 0.5) is 0 Å². The first-order chi connectivity index (χ1) is 7.81. The van der Waals surface area contributed by atoms with Gasteiger partial charge in [-0.25, -0.2) is 4.79 Å². The summed E-state index contributed by atoms with van der Waals surface area (Å²) in [6, 6.07) is -0.679. The molecule has 1 aliphatic rings. The molecule has 0 aromatic rings. The monoisotopic (exact) mass is 260 g/mol. The van der Waals surface area contributed by atoms with E-state index in [1.165, 1.54) is 4.90 Å². The summed E-state index contributed by atoms with van der Waals surface area (Å²) in [5, 5.41) is 9.05. The summed E-state index contributed by atoms with van der Waals surface area (Å²) in [4.78, 5) is 24.5. The third kappa shape index (κ3) is 4.55. The molecule has 6 heteroatoms. The minimum Gasteiger partial charge on any atom is -0.480 e. The highest BCUT2D eigenvalue weighted by Gasteiger charge is 2.32. The first kappa shape index (κ1) is 14.3. The van der Waals surface area contributed by atoms with E-state index >= 15 is 0 Å². The van der Waals surface area contributed by atoms with Gasteiger partial charge < -0.3 is 15.7 Å². The van der Waals surface area contributed by atoms with Gasteiger partial charge in [-0.1, -0.05) is 0 Å². The molecule has 5 nitrogen and oxygen atoms in total. The Kier molecular flexibility index (Phi) is 4.82. The van der Waals surface area contributed by atoms with Crippen molar-refractivity contribution in [2.75, 3.05) is 18.1 Å². The van der Waals surface area contributed by atoms with E-state index in [2.05, 4.69) is 0 Å². The highest BCUT2D eigenvalue weighted by molar-refractivity contribution is 7.99. The summed E-state index contributed by atoms with van der Waals surface area (Å²) in [5.41, 5.74) is 5.43. The smallest absolute Gasteiger partial charge is 0.327 e. The lowest BCUT2D eigenvalue weighted by molar-refractivity contribution is -0.149. The highest BCUT2D eigenvalue weighted by atomic mass is 32.2. The van der Waals surface area contributed by atoms with Crippen molar-refractivity contribution in [1.82, 2.24) is 4.90 Å². The number of amides is 1. The van der Waals surface area contributed by atoms with Crippen molar-refractivity contribution in [3.05, 3.63) is 0 Å². The van der Waals surface area contributed by atoms with Gasteiger partial charge in [-0.05, 0) is 20.3 Å². The van der Waals surface area contributed by atoms with E-state index in [1.807, 2.05) is 13.8 Å². The first-order valence-electron chi connectivity index (χ1n) is 5.70. The zero-order chi connectivity index (χ0) is 13.1. The van der Waals surface area contributed by atoms with Crippen LogP contribution in [0.2, 0.25) is 0 Å². The summed E-state index contributed by atoms with van der Waals surface area (Å²) >= 11 is 1.58. The van der Waals surface area contributed by atoms with E-state index < -0.39 is 12.0 Å². The van der Waals surface area contributed by atoms with Gasteiger partial charge in [0.05, 0.1) is 0 Å². The lowest BCUT2D eigenvalue weighted by Gasteiger charge is -2.33. The molecule has 0 saturated carbocycles. The SMILES string of the molecule is CC(C)(N)CCC(=O)N1CCSCC1C(=O)O. The Morgan fingerprint density at radius 2 is 2.18 bits per heavy atom. The number of carbonyl (C=O) groups is 2. The fraction of sp³-hybridized carbons (Fsp3) is 0.818. The van der Waals surface area contributed by atoms with Gasteiger partial charge >= 0.3 is 5.97 Å². The van der Waals surface area contributed by atoms with E-state index in [1.54, 1.807) is 11.8 Å². The number of rotatable bonds is 4. The molecule has 1 fully saturated rings. The summed E-state index contributed by atoms with van der Waals surface area (Å²) in [6.45, 7) is 4.24. The number of thioether (sulfide) groups is 1. The zero-order valence-electron chi connectivity index (χ0n) is 10.3. The number of carbonyl (C=O) groups excluding carboxylic acids is 1. The normalized spacial score (nSPS) is 21.4. The number of hydrogen-bond acceptors (Lipinski definition) is 4. The zero-order valence-corrected chi connectivity index (χ0v) is 11.1. The predicted molar refractivity (Wildman–Crippen MR) is 68.0 cm³/mol. The van der Waals surface area contributed by atoms with Crippen LogP contribution in [-0.2, 0) is 9.59 Å². The van der Waals surface area contributed by atoms with E-state index in [9.17, 15) is 9.59 Å². The number of aliphatic carboxylic acids is 1. The lowest BCUT2D eigenvalue weighted by Crippen LogP contribution is -2.50. The standard InChI is InChI=1S/C11H20N2O3S/c1-11(2,12)4-3-9(14)13-5-6-17-7-8(13)10(15)16/h8H,3-7,12H2,1-2H3,(H,15,16). The van der Waals surface area contributed by atoms with Crippen LogP contribution >= 0.6 is 11.8 Å². The van der Waals surface area contributed by atoms with Crippen LogP contribution in [-0.4, -0.2) is 51.5 Å². The molecule has 0 aromatic carbocycles. The van der Waals surface area contributed by atoms with Gasteiger partial charge in [0.2, 0.25) is 5.91 Å². The number of hydrogen-bond donors (Lipinski definition) is 2. The van der Waals surface area contributed by atoms with Crippen LogP contribution in [0, 0.1) is 0 Å². The minimum absolute atomic E-state index is 0.101. The van der Waals surface area contributed by atoms with Gasteiger partial charge in [-0.2, -0.15) is 11.8 Å². The Morgan fingerprint density at radius 3 is 2.71 bits per heavy atom. The fourth-order valence-corrected chi connectivity index (χ4v) is 2.72. The molecule has 1 atom stereocenters. The van der Waals surface area contributed by atoms with Crippen LogP contribution in [0.3, 0.4) is 0 Å². The van der Waals surface area contributed by atoms with Crippen LogP contribution in [0.1, 0.15) is 26.7 Å². The molecule has 1 aliphatic heterocycles. The van der Waals surface area contributed by atoms with Gasteiger partial charge in [-0.3, -0.25) is 4.79 Å². The average molecular weight is 260 g/mol. The third-order valence-electron chi connectivity index (χ3n) is 2.72. The molecule has 0 aliphatic carbocycles. The Labute approximate surface area is 106 Å².